The SMILES string of the molecule is NCC(NS(=O)(=O)c1cc(Cl)ccc1[N+](=O)[O-])C1CCCCC1. The van der Waals surface area contributed by atoms with Crippen LogP contribution in [0, 0.1) is 16.0 Å². The number of nitro benzene ring substituents is 1. The van der Waals surface area contributed by atoms with Gasteiger partial charge < -0.3 is 5.73 Å². The van der Waals surface area contributed by atoms with Gasteiger partial charge in [-0.2, -0.15) is 0 Å². The zero-order chi connectivity index (χ0) is 17.0. The number of nitro groups is 1. The van der Waals surface area contributed by atoms with Crippen molar-refractivity contribution in [2.24, 2.45) is 11.7 Å². The second kappa shape index (κ2) is 7.57. The van der Waals surface area contributed by atoms with Crippen LogP contribution in [0.4, 0.5) is 5.69 Å². The van der Waals surface area contributed by atoms with Gasteiger partial charge in [0.25, 0.3) is 5.69 Å². The minimum atomic E-state index is -4.08. The minimum Gasteiger partial charge on any atom is -0.329 e. The Morgan fingerprint density at radius 2 is 2.00 bits per heavy atom. The van der Waals surface area contributed by atoms with Crippen LogP contribution in [0.2, 0.25) is 5.02 Å². The van der Waals surface area contributed by atoms with Gasteiger partial charge in [-0.15, -0.1) is 0 Å². The van der Waals surface area contributed by atoms with Crippen LogP contribution in [0.5, 0.6) is 0 Å². The lowest BCUT2D eigenvalue weighted by Gasteiger charge is -2.29. The number of nitrogens with zero attached hydrogens (tertiary/aromatic N) is 1. The van der Waals surface area contributed by atoms with Gasteiger partial charge in [-0.1, -0.05) is 30.9 Å². The molecule has 0 spiro atoms. The van der Waals surface area contributed by atoms with E-state index in [-0.39, 0.29) is 17.5 Å². The predicted molar refractivity (Wildman–Crippen MR) is 87.8 cm³/mol. The number of hydrogen-bond donors (Lipinski definition) is 2. The highest BCUT2D eigenvalue weighted by Crippen LogP contribution is 2.30. The Morgan fingerprint density at radius 3 is 2.57 bits per heavy atom. The number of nitrogens with one attached hydrogen (secondary N) is 1. The van der Waals surface area contributed by atoms with Crippen molar-refractivity contribution in [1.82, 2.24) is 4.72 Å². The van der Waals surface area contributed by atoms with Crippen molar-refractivity contribution in [2.75, 3.05) is 6.54 Å². The summed E-state index contributed by atoms with van der Waals surface area (Å²) in [6.07, 6.45) is 5.03. The molecule has 1 atom stereocenters. The second-order valence-corrected chi connectivity index (χ2v) is 7.85. The van der Waals surface area contributed by atoms with E-state index in [1.165, 1.54) is 6.07 Å². The smallest absolute Gasteiger partial charge is 0.289 e. The van der Waals surface area contributed by atoms with Crippen LogP contribution >= 0.6 is 11.6 Å². The molecule has 1 aromatic rings. The molecule has 1 saturated carbocycles. The molecule has 1 aromatic carbocycles. The lowest BCUT2D eigenvalue weighted by atomic mass is 9.84. The maximum absolute atomic E-state index is 12.6. The average molecular weight is 362 g/mol. The first-order valence-corrected chi connectivity index (χ1v) is 9.37. The van der Waals surface area contributed by atoms with Gasteiger partial charge in [0.05, 0.1) is 4.92 Å². The standard InChI is InChI=1S/C14H20ClN3O4S/c15-11-6-7-13(18(19)20)14(8-11)23(21,22)17-12(9-16)10-4-2-1-3-5-10/h6-8,10,12,17H,1-5,9,16H2. The fourth-order valence-corrected chi connectivity index (χ4v) is 4.74. The summed E-state index contributed by atoms with van der Waals surface area (Å²) >= 11 is 5.81. The van der Waals surface area contributed by atoms with Crippen molar-refractivity contribution >= 4 is 27.3 Å². The van der Waals surface area contributed by atoms with Crippen molar-refractivity contribution in [3.63, 3.8) is 0 Å². The second-order valence-electron chi connectivity index (χ2n) is 5.73. The Morgan fingerprint density at radius 1 is 1.35 bits per heavy atom. The Balaban J connectivity index is 2.30. The van der Waals surface area contributed by atoms with Gasteiger partial charge >= 0.3 is 0 Å². The zero-order valence-corrected chi connectivity index (χ0v) is 14.1. The third kappa shape index (κ3) is 4.41. The fourth-order valence-electron chi connectivity index (χ4n) is 2.99. The van der Waals surface area contributed by atoms with Gasteiger partial charge in [-0.25, -0.2) is 13.1 Å². The van der Waals surface area contributed by atoms with Crippen LogP contribution in [0.25, 0.3) is 0 Å². The molecule has 23 heavy (non-hydrogen) atoms. The Bertz CT molecular complexity index is 675. The first kappa shape index (κ1) is 18.1. The molecule has 7 nitrogen and oxygen atoms in total. The van der Waals surface area contributed by atoms with Gasteiger partial charge in [0.1, 0.15) is 0 Å². The van der Waals surface area contributed by atoms with Crippen molar-refractivity contribution in [1.29, 1.82) is 0 Å². The van der Waals surface area contributed by atoms with Crippen LogP contribution in [-0.4, -0.2) is 25.9 Å². The van der Waals surface area contributed by atoms with E-state index in [0.717, 1.165) is 44.2 Å². The Hall–Kier alpha value is -1.22. The lowest BCUT2D eigenvalue weighted by molar-refractivity contribution is -0.387. The van der Waals surface area contributed by atoms with Crippen molar-refractivity contribution < 1.29 is 13.3 Å². The number of nitrogens with two attached hydrogens (primary N) is 1. The van der Waals surface area contributed by atoms with E-state index in [4.69, 9.17) is 17.3 Å². The minimum absolute atomic E-state index is 0.123. The van der Waals surface area contributed by atoms with E-state index in [1.807, 2.05) is 0 Å². The molecule has 1 aliphatic carbocycles. The summed E-state index contributed by atoms with van der Waals surface area (Å²) in [5.74, 6) is 0.154. The molecular weight excluding hydrogens is 342 g/mol. The molecule has 128 valence electrons. The van der Waals surface area contributed by atoms with E-state index in [1.54, 1.807) is 0 Å². The first-order valence-electron chi connectivity index (χ1n) is 7.51. The molecule has 9 heteroatoms. The van der Waals surface area contributed by atoms with Crippen LogP contribution in [0.3, 0.4) is 0 Å². The number of hydrogen-bond acceptors (Lipinski definition) is 5. The van der Waals surface area contributed by atoms with Gasteiger partial charge in [0.2, 0.25) is 10.0 Å². The molecule has 1 unspecified atom stereocenters. The third-order valence-electron chi connectivity index (χ3n) is 4.19. The quantitative estimate of drug-likeness (QED) is 0.596. The predicted octanol–water partition coefficient (Wildman–Crippen LogP) is 2.43. The molecule has 0 saturated heterocycles. The topological polar surface area (TPSA) is 115 Å². The molecule has 0 amide bonds. The molecule has 2 rings (SSSR count). The van der Waals surface area contributed by atoms with E-state index in [9.17, 15) is 18.5 Å². The number of benzene rings is 1. The summed E-state index contributed by atoms with van der Waals surface area (Å²) in [5.41, 5.74) is 5.23. The van der Waals surface area contributed by atoms with E-state index >= 15 is 0 Å². The molecular formula is C14H20ClN3O4S. The third-order valence-corrected chi connectivity index (χ3v) is 5.94. The van der Waals surface area contributed by atoms with Crippen molar-refractivity contribution in [2.45, 2.75) is 43.0 Å². The highest BCUT2D eigenvalue weighted by atomic mass is 35.5. The summed E-state index contributed by atoms with van der Waals surface area (Å²) in [4.78, 5) is 9.92. The summed E-state index contributed by atoms with van der Waals surface area (Å²) in [5, 5.41) is 11.2. The summed E-state index contributed by atoms with van der Waals surface area (Å²) < 4.78 is 27.7. The number of sulfonamides is 1. The largest absolute Gasteiger partial charge is 0.329 e. The molecule has 1 aliphatic rings. The number of rotatable bonds is 6. The number of halogens is 1. The van der Waals surface area contributed by atoms with Gasteiger partial charge in [-0.05, 0) is 30.9 Å². The van der Waals surface area contributed by atoms with Gasteiger partial charge in [0, 0.05) is 23.7 Å². The van der Waals surface area contributed by atoms with Crippen LogP contribution < -0.4 is 10.5 Å². The highest BCUT2D eigenvalue weighted by Gasteiger charge is 2.31. The maximum Gasteiger partial charge on any atom is 0.289 e. The van der Waals surface area contributed by atoms with E-state index in [0.29, 0.717) is 0 Å². The Labute approximate surface area is 140 Å². The van der Waals surface area contributed by atoms with Crippen LogP contribution in [0.15, 0.2) is 23.1 Å². The molecule has 0 aromatic heterocycles. The molecule has 3 N–H and O–H groups in total. The molecule has 0 radical (unpaired) electrons. The molecule has 0 heterocycles. The average Bonchev–Trinajstić information content (AvgIpc) is 2.53. The normalized spacial score (nSPS) is 17.8. The monoisotopic (exact) mass is 361 g/mol. The van der Waals surface area contributed by atoms with E-state index < -0.39 is 31.6 Å². The van der Waals surface area contributed by atoms with Crippen molar-refractivity contribution in [3.05, 3.63) is 33.3 Å². The first-order chi connectivity index (χ1) is 10.8. The maximum atomic E-state index is 12.6. The highest BCUT2D eigenvalue weighted by molar-refractivity contribution is 7.89. The summed E-state index contributed by atoms with van der Waals surface area (Å²) in [6.45, 7) is 0.151. The lowest BCUT2D eigenvalue weighted by Crippen LogP contribution is -2.45. The summed E-state index contributed by atoms with van der Waals surface area (Å²) in [7, 11) is -4.08. The zero-order valence-electron chi connectivity index (χ0n) is 12.6. The fraction of sp³-hybridized carbons (Fsp3) is 0.571. The van der Waals surface area contributed by atoms with Crippen LogP contribution in [-0.2, 0) is 10.0 Å². The van der Waals surface area contributed by atoms with E-state index in [2.05, 4.69) is 4.72 Å². The summed E-state index contributed by atoms with van der Waals surface area (Å²) in [6, 6.07) is 3.05. The Kier molecular flexibility index (Phi) is 5.96. The molecule has 0 bridgehead atoms. The van der Waals surface area contributed by atoms with Crippen LogP contribution in [0.1, 0.15) is 32.1 Å². The van der Waals surface area contributed by atoms with Gasteiger partial charge in [-0.3, -0.25) is 10.1 Å². The molecule has 1 fully saturated rings. The molecule has 0 aliphatic heterocycles. The van der Waals surface area contributed by atoms with Gasteiger partial charge in [0.15, 0.2) is 4.90 Å². The van der Waals surface area contributed by atoms with Crippen molar-refractivity contribution in [3.8, 4) is 0 Å².